The van der Waals surface area contributed by atoms with Gasteiger partial charge in [0, 0.05) is 11.6 Å². The fourth-order valence-corrected chi connectivity index (χ4v) is 2.39. The van der Waals surface area contributed by atoms with Gasteiger partial charge in [0.05, 0.1) is 18.7 Å². The van der Waals surface area contributed by atoms with Crippen molar-refractivity contribution in [1.29, 1.82) is 0 Å². The minimum absolute atomic E-state index is 0.205. The number of hydrogen-bond acceptors (Lipinski definition) is 3. The van der Waals surface area contributed by atoms with Gasteiger partial charge in [0.2, 0.25) is 0 Å². The van der Waals surface area contributed by atoms with Crippen LogP contribution < -0.4 is 10.1 Å². The van der Waals surface area contributed by atoms with Crippen molar-refractivity contribution >= 4 is 34.9 Å². The second-order valence-electron chi connectivity index (χ2n) is 6.09. The summed E-state index contributed by atoms with van der Waals surface area (Å²) in [7, 11) is 1.48. The summed E-state index contributed by atoms with van der Waals surface area (Å²) in [5, 5.41) is 4.42. The molecule has 1 unspecified atom stereocenters. The van der Waals surface area contributed by atoms with Crippen LogP contribution in [-0.4, -0.2) is 31.7 Å². The van der Waals surface area contributed by atoms with Gasteiger partial charge >= 0.3 is 6.18 Å². The number of fused-ring (bicyclic) bond motifs is 1. The van der Waals surface area contributed by atoms with Gasteiger partial charge in [-0.3, -0.25) is 4.79 Å². The predicted octanol–water partition coefficient (Wildman–Crippen LogP) is 4.91. The monoisotopic (exact) mass is 391 g/mol. The Labute approximate surface area is 160 Å². The van der Waals surface area contributed by atoms with Crippen molar-refractivity contribution in [2.75, 3.05) is 12.4 Å². The van der Waals surface area contributed by atoms with Gasteiger partial charge in [0.1, 0.15) is 17.8 Å². The lowest BCUT2D eigenvalue weighted by molar-refractivity contribution is -0.149. The van der Waals surface area contributed by atoms with E-state index in [9.17, 15) is 18.0 Å². The molecule has 0 bridgehead atoms. The van der Waals surface area contributed by atoms with Crippen LogP contribution in [0, 0.1) is 12.8 Å². The Bertz CT molecular complexity index is 950. The standard InChI is InChI=1S/C20H20F3N3O2/c1-12-6-5-7-16-15(12)8-9-17(28-4)18(16)26-19(27)14(3)25-11-24-10-13(2)20(21,22)23/h5-11,13H,3H2,1-2,4H3,(H,26,27). The van der Waals surface area contributed by atoms with E-state index >= 15 is 0 Å². The van der Waals surface area contributed by atoms with Crippen LogP contribution in [0.25, 0.3) is 10.8 Å². The zero-order chi connectivity index (χ0) is 20.9. The van der Waals surface area contributed by atoms with Gasteiger partial charge in [-0.05, 0) is 30.9 Å². The Kier molecular flexibility index (Phi) is 6.56. The molecule has 5 nitrogen and oxygen atoms in total. The number of methoxy groups -OCH3 is 1. The summed E-state index contributed by atoms with van der Waals surface area (Å²) >= 11 is 0. The highest BCUT2D eigenvalue weighted by molar-refractivity contribution is 6.10. The van der Waals surface area contributed by atoms with E-state index in [0.717, 1.165) is 29.6 Å². The second kappa shape index (κ2) is 8.69. The minimum Gasteiger partial charge on any atom is -0.495 e. The first-order chi connectivity index (χ1) is 13.1. The average molecular weight is 391 g/mol. The van der Waals surface area contributed by atoms with Gasteiger partial charge in [-0.15, -0.1) is 0 Å². The number of aryl methyl sites for hydroxylation is 1. The molecule has 2 aromatic carbocycles. The number of rotatable bonds is 6. The summed E-state index contributed by atoms with van der Waals surface area (Å²) in [6.45, 7) is 6.44. The summed E-state index contributed by atoms with van der Waals surface area (Å²) in [6, 6.07) is 9.28. The number of benzene rings is 2. The first kappa shape index (κ1) is 21.1. The summed E-state index contributed by atoms with van der Waals surface area (Å²) in [4.78, 5) is 19.5. The Balaban J connectivity index is 2.18. The number of nitrogens with zero attached hydrogens (tertiary/aromatic N) is 2. The topological polar surface area (TPSA) is 63.0 Å². The van der Waals surface area contributed by atoms with E-state index in [2.05, 4.69) is 21.9 Å². The number of aliphatic imine (C=N–C) groups is 2. The molecule has 0 heterocycles. The highest BCUT2D eigenvalue weighted by Gasteiger charge is 2.34. The van der Waals surface area contributed by atoms with Crippen LogP contribution in [0.2, 0.25) is 0 Å². The molecule has 0 fully saturated rings. The Hall–Kier alpha value is -3.16. The molecular formula is C20H20F3N3O2. The fraction of sp³-hybridized carbons (Fsp3) is 0.250. The maximum Gasteiger partial charge on any atom is 0.396 e. The molecule has 1 amide bonds. The van der Waals surface area contributed by atoms with Crippen LogP contribution in [0.1, 0.15) is 12.5 Å². The molecule has 0 saturated heterocycles. The first-order valence-electron chi connectivity index (χ1n) is 8.34. The molecule has 0 aromatic heterocycles. The zero-order valence-electron chi connectivity index (χ0n) is 15.7. The van der Waals surface area contributed by atoms with Gasteiger partial charge in [-0.2, -0.15) is 13.2 Å². The highest BCUT2D eigenvalue weighted by Crippen LogP contribution is 2.34. The number of alkyl halides is 3. The van der Waals surface area contributed by atoms with Crippen molar-refractivity contribution in [2.24, 2.45) is 15.9 Å². The maximum atomic E-state index is 12.4. The normalized spacial score (nSPS) is 13.2. The van der Waals surface area contributed by atoms with E-state index in [4.69, 9.17) is 4.74 Å². The van der Waals surface area contributed by atoms with E-state index in [1.165, 1.54) is 7.11 Å². The van der Waals surface area contributed by atoms with Crippen LogP contribution in [0.5, 0.6) is 5.75 Å². The maximum absolute atomic E-state index is 12.4. The van der Waals surface area contributed by atoms with Crippen molar-refractivity contribution in [1.82, 2.24) is 0 Å². The van der Waals surface area contributed by atoms with Crippen molar-refractivity contribution in [2.45, 2.75) is 20.0 Å². The van der Waals surface area contributed by atoms with Gasteiger partial charge in [0.15, 0.2) is 0 Å². The third kappa shape index (κ3) is 4.97. The van der Waals surface area contributed by atoms with Crippen molar-refractivity contribution < 1.29 is 22.7 Å². The molecule has 2 rings (SSSR count). The van der Waals surface area contributed by atoms with E-state index in [1.54, 1.807) is 6.07 Å². The third-order valence-electron chi connectivity index (χ3n) is 4.07. The molecule has 28 heavy (non-hydrogen) atoms. The Morgan fingerprint density at radius 3 is 2.61 bits per heavy atom. The summed E-state index contributed by atoms with van der Waals surface area (Å²) in [5.74, 6) is -1.88. The molecule has 1 N–H and O–H groups in total. The second-order valence-corrected chi connectivity index (χ2v) is 6.09. The number of carbonyl (C=O) groups is 1. The summed E-state index contributed by atoms with van der Waals surface area (Å²) in [6.07, 6.45) is -2.82. The SMILES string of the molecule is C=C(N=CN=CC(C)C(F)(F)F)C(=O)Nc1c(OC)ccc2c(C)cccc12. The van der Waals surface area contributed by atoms with E-state index in [-0.39, 0.29) is 5.70 Å². The molecule has 0 saturated carbocycles. The number of nitrogens with one attached hydrogen (secondary N) is 1. The average Bonchev–Trinajstić information content (AvgIpc) is 2.64. The van der Waals surface area contributed by atoms with Gasteiger partial charge < -0.3 is 10.1 Å². The van der Waals surface area contributed by atoms with E-state index in [0.29, 0.717) is 17.7 Å². The van der Waals surface area contributed by atoms with Crippen LogP contribution >= 0.6 is 0 Å². The number of ether oxygens (including phenoxy) is 1. The highest BCUT2D eigenvalue weighted by atomic mass is 19.4. The fourth-order valence-electron chi connectivity index (χ4n) is 2.39. The summed E-state index contributed by atoms with van der Waals surface area (Å²) in [5.41, 5.74) is 1.28. The molecule has 2 aromatic rings. The largest absolute Gasteiger partial charge is 0.495 e. The first-order valence-corrected chi connectivity index (χ1v) is 8.34. The van der Waals surface area contributed by atoms with Crippen LogP contribution in [0.3, 0.4) is 0 Å². The zero-order valence-corrected chi connectivity index (χ0v) is 15.7. The van der Waals surface area contributed by atoms with Crippen molar-refractivity contribution in [3.63, 3.8) is 0 Å². The molecular weight excluding hydrogens is 371 g/mol. The van der Waals surface area contributed by atoms with Gasteiger partial charge in [-0.25, -0.2) is 9.98 Å². The molecule has 148 valence electrons. The quantitative estimate of drug-likeness (QED) is 0.432. The van der Waals surface area contributed by atoms with Gasteiger partial charge in [-0.1, -0.05) is 30.8 Å². The van der Waals surface area contributed by atoms with Crippen LogP contribution in [0.15, 0.2) is 52.6 Å². The van der Waals surface area contributed by atoms with Crippen LogP contribution in [0.4, 0.5) is 18.9 Å². The lowest BCUT2D eigenvalue weighted by atomic mass is 10.0. The number of hydrogen-bond donors (Lipinski definition) is 1. The number of amides is 1. The van der Waals surface area contributed by atoms with Crippen molar-refractivity contribution in [3.05, 3.63) is 48.2 Å². The van der Waals surface area contributed by atoms with Crippen LogP contribution in [-0.2, 0) is 4.79 Å². The van der Waals surface area contributed by atoms with E-state index < -0.39 is 18.0 Å². The molecule has 0 aliphatic rings. The Morgan fingerprint density at radius 2 is 1.96 bits per heavy atom. The third-order valence-corrected chi connectivity index (χ3v) is 4.07. The van der Waals surface area contributed by atoms with Gasteiger partial charge in [0.25, 0.3) is 5.91 Å². The molecule has 0 spiro atoms. The molecule has 0 aliphatic heterocycles. The number of halogens is 3. The lowest BCUT2D eigenvalue weighted by Crippen LogP contribution is -2.20. The molecule has 8 heteroatoms. The summed E-state index contributed by atoms with van der Waals surface area (Å²) < 4.78 is 42.5. The number of carbonyl (C=O) groups excluding carboxylic acids is 1. The minimum atomic E-state index is -4.38. The predicted molar refractivity (Wildman–Crippen MR) is 105 cm³/mol. The lowest BCUT2D eigenvalue weighted by Gasteiger charge is -2.14. The molecule has 0 radical (unpaired) electrons. The van der Waals surface area contributed by atoms with Crippen molar-refractivity contribution in [3.8, 4) is 5.75 Å². The van der Waals surface area contributed by atoms with E-state index in [1.807, 2.05) is 31.2 Å². The Morgan fingerprint density at radius 1 is 1.25 bits per heavy atom. The number of anilines is 1. The molecule has 1 atom stereocenters. The molecule has 0 aliphatic carbocycles. The smallest absolute Gasteiger partial charge is 0.396 e.